The number of nitrogens with zero attached hydrogens (tertiary/aromatic N) is 1. The monoisotopic (exact) mass is 238 g/mol. The van der Waals surface area contributed by atoms with Crippen LogP contribution in [-0.2, 0) is 0 Å². The Labute approximate surface area is 101 Å². The summed E-state index contributed by atoms with van der Waals surface area (Å²) in [4.78, 5) is 4.15. The minimum atomic E-state index is 0.451. The van der Waals surface area contributed by atoms with Crippen molar-refractivity contribution in [3.63, 3.8) is 0 Å². The fraction of sp³-hybridized carbons (Fsp3) is 0.250. The average Bonchev–Trinajstić information content (AvgIpc) is 2.30. The lowest BCUT2D eigenvalue weighted by Crippen LogP contribution is -2.08. The zero-order valence-electron chi connectivity index (χ0n) is 9.62. The maximum absolute atomic E-state index is 6.11. The second-order valence-corrected chi connectivity index (χ2v) is 3.65. The van der Waals surface area contributed by atoms with E-state index in [-0.39, 0.29) is 0 Å². The van der Waals surface area contributed by atoms with Gasteiger partial charge in [0, 0.05) is 18.3 Å². The third kappa shape index (κ3) is 2.55. The molecule has 0 aromatic heterocycles. The molecule has 0 amide bonds. The van der Waals surface area contributed by atoms with Gasteiger partial charge in [-0.1, -0.05) is 23.7 Å². The number of nitrogens with two attached hydrogens (primary N) is 1. The second-order valence-electron chi connectivity index (χ2n) is 3.27. The average molecular weight is 239 g/mol. The molecular weight excluding hydrogens is 224 g/mol. The van der Waals surface area contributed by atoms with Gasteiger partial charge in [-0.05, 0) is 19.1 Å². The summed E-state index contributed by atoms with van der Waals surface area (Å²) in [5.41, 5.74) is 7.68. The Kier molecular flexibility index (Phi) is 4.38. The van der Waals surface area contributed by atoms with Crippen LogP contribution in [0.5, 0.6) is 5.75 Å². The van der Waals surface area contributed by atoms with Gasteiger partial charge in [0.05, 0.1) is 17.9 Å². The fourth-order valence-corrected chi connectivity index (χ4v) is 1.55. The summed E-state index contributed by atoms with van der Waals surface area (Å²) in [6.45, 7) is 1.74. The second kappa shape index (κ2) is 5.56. The summed E-state index contributed by atoms with van der Waals surface area (Å²) in [6, 6.07) is 7.55. The number of halogens is 1. The van der Waals surface area contributed by atoms with E-state index >= 15 is 0 Å². The molecule has 0 aliphatic heterocycles. The first-order valence-electron chi connectivity index (χ1n) is 4.84. The maximum Gasteiger partial charge on any atom is 0.128 e. The van der Waals surface area contributed by atoms with Crippen molar-refractivity contribution in [3.05, 3.63) is 40.6 Å². The van der Waals surface area contributed by atoms with E-state index in [2.05, 4.69) is 4.99 Å². The molecule has 0 unspecified atom stereocenters. The van der Waals surface area contributed by atoms with Gasteiger partial charge in [-0.2, -0.15) is 0 Å². The standard InChI is InChI=1S/C12H15ClN2O/c1-8(14)11(13)12(15-2)9-6-4-5-7-10(9)16-3/h4-7H,14H2,1-3H3. The molecule has 16 heavy (non-hydrogen) atoms. The molecule has 1 rings (SSSR count). The van der Waals surface area contributed by atoms with Gasteiger partial charge in [-0.25, -0.2) is 0 Å². The molecule has 0 heterocycles. The molecule has 0 atom stereocenters. The molecule has 0 radical (unpaired) electrons. The van der Waals surface area contributed by atoms with Gasteiger partial charge >= 0.3 is 0 Å². The minimum Gasteiger partial charge on any atom is -0.496 e. The first kappa shape index (κ1) is 12.6. The fourth-order valence-electron chi connectivity index (χ4n) is 1.36. The van der Waals surface area contributed by atoms with Gasteiger partial charge in [-0.15, -0.1) is 0 Å². The lowest BCUT2D eigenvalue weighted by Gasteiger charge is -2.10. The van der Waals surface area contributed by atoms with Crippen molar-refractivity contribution in [2.45, 2.75) is 6.92 Å². The predicted molar refractivity (Wildman–Crippen MR) is 68.2 cm³/mol. The number of methoxy groups -OCH3 is 1. The van der Waals surface area contributed by atoms with Gasteiger partial charge in [0.1, 0.15) is 5.75 Å². The maximum atomic E-state index is 6.11. The number of para-hydroxylation sites is 1. The third-order valence-electron chi connectivity index (χ3n) is 2.14. The van der Waals surface area contributed by atoms with Crippen LogP contribution in [0.3, 0.4) is 0 Å². The van der Waals surface area contributed by atoms with Crippen LogP contribution in [-0.4, -0.2) is 19.9 Å². The number of hydrogen-bond donors (Lipinski definition) is 1. The van der Waals surface area contributed by atoms with E-state index in [0.29, 0.717) is 16.4 Å². The van der Waals surface area contributed by atoms with E-state index in [1.54, 1.807) is 21.1 Å². The molecule has 0 fully saturated rings. The number of hydrogen-bond acceptors (Lipinski definition) is 3. The van der Waals surface area contributed by atoms with Crippen molar-refractivity contribution in [2.24, 2.45) is 10.7 Å². The molecule has 1 aromatic carbocycles. The molecule has 0 aliphatic rings. The Bertz CT molecular complexity index is 434. The zero-order chi connectivity index (χ0) is 12.1. The van der Waals surface area contributed by atoms with Crippen LogP contribution in [0.4, 0.5) is 0 Å². The molecule has 0 bridgehead atoms. The van der Waals surface area contributed by atoms with Crippen molar-refractivity contribution in [1.82, 2.24) is 0 Å². The van der Waals surface area contributed by atoms with E-state index < -0.39 is 0 Å². The van der Waals surface area contributed by atoms with Gasteiger partial charge in [0.25, 0.3) is 0 Å². The highest BCUT2D eigenvalue weighted by molar-refractivity contribution is 6.46. The number of aliphatic imine (C=N–C) groups is 1. The molecule has 0 spiro atoms. The van der Waals surface area contributed by atoms with Crippen molar-refractivity contribution in [3.8, 4) is 5.75 Å². The summed E-state index contributed by atoms with van der Waals surface area (Å²) in [5, 5.41) is 0.451. The summed E-state index contributed by atoms with van der Waals surface area (Å²) in [5.74, 6) is 0.725. The normalized spacial score (nSPS) is 13.4. The van der Waals surface area contributed by atoms with E-state index in [0.717, 1.165) is 11.3 Å². The van der Waals surface area contributed by atoms with Crippen LogP contribution in [0.15, 0.2) is 40.0 Å². The summed E-state index contributed by atoms with van der Waals surface area (Å²) in [6.07, 6.45) is 0. The highest BCUT2D eigenvalue weighted by atomic mass is 35.5. The highest BCUT2D eigenvalue weighted by Gasteiger charge is 2.13. The first-order valence-corrected chi connectivity index (χ1v) is 5.22. The summed E-state index contributed by atoms with van der Waals surface area (Å²) in [7, 11) is 3.28. The van der Waals surface area contributed by atoms with Gasteiger partial charge in [-0.3, -0.25) is 4.99 Å². The molecular formula is C12H15ClN2O. The first-order chi connectivity index (χ1) is 7.61. The molecule has 2 N–H and O–H groups in total. The van der Waals surface area contributed by atoms with Crippen LogP contribution >= 0.6 is 11.6 Å². The predicted octanol–water partition coefficient (Wildman–Crippen LogP) is 2.54. The largest absolute Gasteiger partial charge is 0.496 e. The van der Waals surface area contributed by atoms with Gasteiger partial charge < -0.3 is 10.5 Å². The van der Waals surface area contributed by atoms with Crippen LogP contribution in [0, 0.1) is 0 Å². The van der Waals surface area contributed by atoms with Crippen molar-refractivity contribution < 1.29 is 4.74 Å². The smallest absolute Gasteiger partial charge is 0.128 e. The van der Waals surface area contributed by atoms with E-state index in [1.165, 1.54) is 0 Å². The van der Waals surface area contributed by atoms with E-state index in [1.807, 2.05) is 24.3 Å². The molecule has 0 saturated heterocycles. The molecule has 1 aromatic rings. The van der Waals surface area contributed by atoms with Gasteiger partial charge in [0.2, 0.25) is 0 Å². The van der Waals surface area contributed by atoms with Crippen molar-refractivity contribution in [2.75, 3.05) is 14.2 Å². The number of allylic oxidation sites excluding steroid dienone is 2. The van der Waals surface area contributed by atoms with Gasteiger partial charge in [0.15, 0.2) is 0 Å². The Morgan fingerprint density at radius 1 is 1.38 bits per heavy atom. The lowest BCUT2D eigenvalue weighted by atomic mass is 10.1. The number of rotatable bonds is 3. The van der Waals surface area contributed by atoms with E-state index in [9.17, 15) is 0 Å². The Morgan fingerprint density at radius 2 is 2.00 bits per heavy atom. The quantitative estimate of drug-likeness (QED) is 0.823. The van der Waals surface area contributed by atoms with Crippen LogP contribution in [0.2, 0.25) is 0 Å². The third-order valence-corrected chi connectivity index (χ3v) is 2.62. The van der Waals surface area contributed by atoms with Crippen LogP contribution < -0.4 is 10.5 Å². The minimum absolute atomic E-state index is 0.451. The molecule has 0 aliphatic carbocycles. The van der Waals surface area contributed by atoms with E-state index in [4.69, 9.17) is 22.1 Å². The van der Waals surface area contributed by atoms with Crippen molar-refractivity contribution in [1.29, 1.82) is 0 Å². The molecule has 3 nitrogen and oxygen atoms in total. The molecule has 0 saturated carbocycles. The van der Waals surface area contributed by atoms with Crippen LogP contribution in [0.1, 0.15) is 12.5 Å². The number of benzene rings is 1. The Morgan fingerprint density at radius 3 is 2.50 bits per heavy atom. The summed E-state index contributed by atoms with van der Waals surface area (Å²) >= 11 is 6.11. The van der Waals surface area contributed by atoms with Crippen LogP contribution in [0.25, 0.3) is 0 Å². The highest BCUT2D eigenvalue weighted by Crippen LogP contribution is 2.23. The SMILES string of the molecule is CN=C(C(Cl)=C(C)N)c1ccccc1OC. The number of ether oxygens (including phenoxy) is 1. The molecule has 86 valence electrons. The Balaban J connectivity index is 3.31. The molecule has 4 heteroatoms. The lowest BCUT2D eigenvalue weighted by molar-refractivity contribution is 0.414. The Hall–Kier alpha value is -1.48. The topological polar surface area (TPSA) is 47.6 Å². The summed E-state index contributed by atoms with van der Waals surface area (Å²) < 4.78 is 5.26. The zero-order valence-corrected chi connectivity index (χ0v) is 10.4. The van der Waals surface area contributed by atoms with Crippen molar-refractivity contribution >= 4 is 17.3 Å².